The van der Waals surface area contributed by atoms with Gasteiger partial charge in [0.25, 0.3) is 5.91 Å². The molecule has 116 valence electrons. The van der Waals surface area contributed by atoms with E-state index in [4.69, 9.17) is 0 Å². The standard InChI is InChI=1S/C17H27N3O/c1-2-3-6-10-19-17(21)16-14-15(9-11-18-16)20-12-7-4-5-8-13-20/h9,11,14H,2-8,10,12-13H2,1H3,(H,19,21). The Labute approximate surface area is 127 Å². The zero-order valence-electron chi connectivity index (χ0n) is 13.1. The Morgan fingerprint density at radius 1 is 1.24 bits per heavy atom. The average Bonchev–Trinajstić information content (AvgIpc) is 2.81. The van der Waals surface area contributed by atoms with Gasteiger partial charge in [-0.15, -0.1) is 0 Å². The van der Waals surface area contributed by atoms with Crippen molar-refractivity contribution in [1.29, 1.82) is 0 Å². The maximum absolute atomic E-state index is 12.1. The van der Waals surface area contributed by atoms with Gasteiger partial charge in [-0.05, 0) is 31.4 Å². The SMILES string of the molecule is CCCCCNC(=O)c1cc(N2CCCCCC2)ccn1. The van der Waals surface area contributed by atoms with Crippen LogP contribution in [0.25, 0.3) is 0 Å². The van der Waals surface area contributed by atoms with E-state index in [1.807, 2.05) is 12.1 Å². The molecule has 1 fully saturated rings. The van der Waals surface area contributed by atoms with Crippen LogP contribution in [0, 0.1) is 0 Å². The van der Waals surface area contributed by atoms with Crippen LogP contribution in [-0.2, 0) is 0 Å². The van der Waals surface area contributed by atoms with Gasteiger partial charge in [-0.1, -0.05) is 32.6 Å². The van der Waals surface area contributed by atoms with Crippen LogP contribution in [0.2, 0.25) is 0 Å². The number of carbonyl (C=O) groups is 1. The lowest BCUT2D eigenvalue weighted by Crippen LogP contribution is -2.27. The summed E-state index contributed by atoms with van der Waals surface area (Å²) in [7, 11) is 0. The molecule has 2 rings (SSSR count). The predicted octanol–water partition coefficient (Wildman–Crippen LogP) is 3.38. The minimum atomic E-state index is -0.0530. The zero-order valence-corrected chi connectivity index (χ0v) is 13.1. The van der Waals surface area contributed by atoms with E-state index >= 15 is 0 Å². The summed E-state index contributed by atoms with van der Waals surface area (Å²) < 4.78 is 0. The highest BCUT2D eigenvalue weighted by Crippen LogP contribution is 2.19. The van der Waals surface area contributed by atoms with Gasteiger partial charge in [0.1, 0.15) is 5.69 Å². The number of rotatable bonds is 6. The van der Waals surface area contributed by atoms with E-state index in [1.165, 1.54) is 32.1 Å². The van der Waals surface area contributed by atoms with Crippen molar-refractivity contribution in [3.05, 3.63) is 24.0 Å². The summed E-state index contributed by atoms with van der Waals surface area (Å²) in [6.07, 6.45) is 10.2. The molecule has 1 aliphatic rings. The molecule has 1 aliphatic heterocycles. The van der Waals surface area contributed by atoms with Crippen molar-refractivity contribution in [2.24, 2.45) is 0 Å². The molecule has 1 N–H and O–H groups in total. The first-order valence-electron chi connectivity index (χ1n) is 8.30. The molecule has 4 nitrogen and oxygen atoms in total. The molecule has 1 saturated heterocycles. The number of pyridine rings is 1. The van der Waals surface area contributed by atoms with Gasteiger partial charge in [0, 0.05) is 31.5 Å². The monoisotopic (exact) mass is 289 g/mol. The van der Waals surface area contributed by atoms with Crippen molar-refractivity contribution in [3.8, 4) is 0 Å². The molecule has 0 saturated carbocycles. The maximum Gasteiger partial charge on any atom is 0.269 e. The normalized spacial score (nSPS) is 15.6. The maximum atomic E-state index is 12.1. The van der Waals surface area contributed by atoms with Gasteiger partial charge in [0.05, 0.1) is 0 Å². The molecule has 0 spiro atoms. The minimum Gasteiger partial charge on any atom is -0.371 e. The van der Waals surface area contributed by atoms with Gasteiger partial charge >= 0.3 is 0 Å². The summed E-state index contributed by atoms with van der Waals surface area (Å²) in [5.41, 5.74) is 1.67. The van der Waals surface area contributed by atoms with Crippen molar-refractivity contribution in [2.45, 2.75) is 51.9 Å². The summed E-state index contributed by atoms with van der Waals surface area (Å²) in [5.74, 6) is -0.0530. The number of carbonyl (C=O) groups excluding carboxylic acids is 1. The molecule has 0 atom stereocenters. The van der Waals surface area contributed by atoms with Gasteiger partial charge < -0.3 is 10.2 Å². The van der Waals surface area contributed by atoms with Crippen molar-refractivity contribution in [3.63, 3.8) is 0 Å². The molecule has 0 bridgehead atoms. The number of hydrogen-bond acceptors (Lipinski definition) is 3. The molecule has 0 unspecified atom stereocenters. The number of hydrogen-bond donors (Lipinski definition) is 1. The summed E-state index contributed by atoms with van der Waals surface area (Å²) >= 11 is 0. The molecule has 0 aliphatic carbocycles. The second-order valence-electron chi connectivity index (χ2n) is 5.76. The molecule has 1 aromatic rings. The quantitative estimate of drug-likeness (QED) is 0.817. The second-order valence-corrected chi connectivity index (χ2v) is 5.76. The Balaban J connectivity index is 1.94. The van der Waals surface area contributed by atoms with E-state index in [-0.39, 0.29) is 5.91 Å². The first kappa shape index (κ1) is 15.8. The van der Waals surface area contributed by atoms with Crippen LogP contribution in [0.1, 0.15) is 62.4 Å². The molecule has 1 amide bonds. The fourth-order valence-electron chi connectivity index (χ4n) is 2.74. The zero-order chi connectivity index (χ0) is 14.9. The Morgan fingerprint density at radius 3 is 2.71 bits per heavy atom. The lowest BCUT2D eigenvalue weighted by Gasteiger charge is -2.22. The summed E-state index contributed by atoms with van der Waals surface area (Å²) in [5, 5.41) is 2.96. The van der Waals surface area contributed by atoms with Crippen molar-refractivity contribution in [2.75, 3.05) is 24.5 Å². The largest absolute Gasteiger partial charge is 0.371 e. The first-order valence-corrected chi connectivity index (χ1v) is 8.30. The molecule has 2 heterocycles. The third kappa shape index (κ3) is 5.03. The highest BCUT2D eigenvalue weighted by molar-refractivity contribution is 5.93. The van der Waals surface area contributed by atoms with E-state index in [9.17, 15) is 4.79 Å². The third-order valence-electron chi connectivity index (χ3n) is 4.01. The molecule has 0 radical (unpaired) electrons. The molecule has 4 heteroatoms. The number of unbranched alkanes of at least 4 members (excludes halogenated alkanes) is 2. The summed E-state index contributed by atoms with van der Waals surface area (Å²) in [6, 6.07) is 3.94. The smallest absolute Gasteiger partial charge is 0.269 e. The molecule has 21 heavy (non-hydrogen) atoms. The minimum absolute atomic E-state index is 0.0530. The fraction of sp³-hybridized carbons (Fsp3) is 0.647. The number of anilines is 1. The van der Waals surface area contributed by atoms with Crippen LogP contribution < -0.4 is 10.2 Å². The number of amides is 1. The lowest BCUT2D eigenvalue weighted by molar-refractivity contribution is 0.0948. The summed E-state index contributed by atoms with van der Waals surface area (Å²) in [6.45, 7) is 5.07. The van der Waals surface area contributed by atoms with E-state index in [0.717, 1.165) is 38.2 Å². The van der Waals surface area contributed by atoms with Crippen LogP contribution in [0.15, 0.2) is 18.3 Å². The molecule has 1 aromatic heterocycles. The van der Waals surface area contributed by atoms with E-state index < -0.39 is 0 Å². The Bertz CT molecular complexity index is 439. The lowest BCUT2D eigenvalue weighted by atomic mass is 10.2. The number of nitrogens with zero attached hydrogens (tertiary/aromatic N) is 2. The summed E-state index contributed by atoms with van der Waals surface area (Å²) in [4.78, 5) is 18.7. The highest BCUT2D eigenvalue weighted by Gasteiger charge is 2.13. The third-order valence-corrected chi connectivity index (χ3v) is 4.01. The predicted molar refractivity (Wildman–Crippen MR) is 86.8 cm³/mol. The Morgan fingerprint density at radius 2 is 2.00 bits per heavy atom. The van der Waals surface area contributed by atoms with Gasteiger partial charge in [-0.25, -0.2) is 0 Å². The first-order chi connectivity index (χ1) is 10.3. The van der Waals surface area contributed by atoms with Gasteiger partial charge in [-0.2, -0.15) is 0 Å². The second kappa shape index (κ2) is 8.65. The number of nitrogens with one attached hydrogen (secondary N) is 1. The molecule has 0 aromatic carbocycles. The van der Waals surface area contributed by atoms with Gasteiger partial charge in [0.2, 0.25) is 0 Å². The van der Waals surface area contributed by atoms with Crippen LogP contribution in [0.5, 0.6) is 0 Å². The van der Waals surface area contributed by atoms with Crippen LogP contribution in [-0.4, -0.2) is 30.5 Å². The van der Waals surface area contributed by atoms with E-state index in [0.29, 0.717) is 5.69 Å². The fourth-order valence-corrected chi connectivity index (χ4v) is 2.74. The highest BCUT2D eigenvalue weighted by atomic mass is 16.1. The average molecular weight is 289 g/mol. The van der Waals surface area contributed by atoms with Crippen LogP contribution in [0.4, 0.5) is 5.69 Å². The van der Waals surface area contributed by atoms with Gasteiger partial charge in [0.15, 0.2) is 0 Å². The van der Waals surface area contributed by atoms with E-state index in [1.54, 1.807) is 6.20 Å². The van der Waals surface area contributed by atoms with Crippen LogP contribution in [0.3, 0.4) is 0 Å². The number of aromatic nitrogens is 1. The molecular formula is C17H27N3O. The topological polar surface area (TPSA) is 45.2 Å². The van der Waals surface area contributed by atoms with Crippen molar-refractivity contribution in [1.82, 2.24) is 10.3 Å². The van der Waals surface area contributed by atoms with Gasteiger partial charge in [-0.3, -0.25) is 9.78 Å². The van der Waals surface area contributed by atoms with Crippen LogP contribution >= 0.6 is 0 Å². The Hall–Kier alpha value is -1.58. The molecular weight excluding hydrogens is 262 g/mol. The Kier molecular flexibility index (Phi) is 6.51. The van der Waals surface area contributed by atoms with Crippen molar-refractivity contribution >= 4 is 11.6 Å². The van der Waals surface area contributed by atoms with E-state index in [2.05, 4.69) is 22.1 Å². The van der Waals surface area contributed by atoms with Crippen molar-refractivity contribution < 1.29 is 4.79 Å².